The predicted molar refractivity (Wildman–Crippen MR) is 65.2 cm³/mol. The summed E-state index contributed by atoms with van der Waals surface area (Å²) >= 11 is 1.68. The molecule has 0 unspecified atom stereocenters. The van der Waals surface area contributed by atoms with Crippen molar-refractivity contribution in [3.05, 3.63) is 29.8 Å². The maximum Gasteiger partial charge on any atom is 0.150 e. The Morgan fingerprint density at radius 3 is 2.94 bits per heavy atom. The lowest BCUT2D eigenvalue weighted by Crippen LogP contribution is -2.04. The minimum atomic E-state index is 0.630. The second-order valence-electron chi connectivity index (χ2n) is 3.14. The Bertz CT molecular complexity index is 315. The van der Waals surface area contributed by atoms with Crippen LogP contribution < -0.4 is 0 Å². The van der Waals surface area contributed by atoms with Gasteiger partial charge in [-0.25, -0.2) is 0 Å². The average molecular weight is 240 g/mol. The van der Waals surface area contributed by atoms with Gasteiger partial charge in [0.2, 0.25) is 0 Å². The van der Waals surface area contributed by atoms with Crippen LogP contribution in [0.2, 0.25) is 0 Å². The molecule has 0 saturated heterocycles. The van der Waals surface area contributed by atoms with Crippen LogP contribution in [-0.4, -0.2) is 39.0 Å². The third-order valence-corrected chi connectivity index (χ3v) is 2.88. The Labute approximate surface area is 100 Å². The van der Waals surface area contributed by atoms with Gasteiger partial charge in [0.1, 0.15) is 6.29 Å². The molecule has 0 bridgehead atoms. The summed E-state index contributed by atoms with van der Waals surface area (Å²) in [4.78, 5) is 11.7. The van der Waals surface area contributed by atoms with E-state index in [1.54, 1.807) is 24.9 Å². The summed E-state index contributed by atoms with van der Waals surface area (Å²) < 4.78 is 10.2. The van der Waals surface area contributed by atoms with E-state index < -0.39 is 0 Å². The zero-order valence-corrected chi connectivity index (χ0v) is 10.2. The van der Waals surface area contributed by atoms with Crippen molar-refractivity contribution in [3.8, 4) is 0 Å². The van der Waals surface area contributed by atoms with Crippen LogP contribution in [-0.2, 0) is 9.47 Å². The molecule has 1 aromatic carbocycles. The van der Waals surface area contributed by atoms with E-state index in [1.165, 1.54) is 0 Å². The first-order chi connectivity index (χ1) is 7.86. The van der Waals surface area contributed by atoms with Crippen LogP contribution in [0.25, 0.3) is 0 Å². The van der Waals surface area contributed by atoms with Gasteiger partial charge in [0, 0.05) is 23.3 Å². The maximum absolute atomic E-state index is 10.6. The molecule has 3 nitrogen and oxygen atoms in total. The first kappa shape index (κ1) is 13.2. The Kier molecular flexibility index (Phi) is 6.88. The molecule has 1 rings (SSSR count). The summed E-state index contributed by atoms with van der Waals surface area (Å²) in [5, 5.41) is 0. The average Bonchev–Trinajstić information content (AvgIpc) is 2.34. The van der Waals surface area contributed by atoms with E-state index in [0.717, 1.165) is 16.9 Å². The van der Waals surface area contributed by atoms with Crippen LogP contribution in [0.3, 0.4) is 0 Å². The smallest absolute Gasteiger partial charge is 0.150 e. The van der Waals surface area contributed by atoms with E-state index in [2.05, 4.69) is 0 Å². The van der Waals surface area contributed by atoms with E-state index in [4.69, 9.17) is 9.47 Å². The third-order valence-electron chi connectivity index (χ3n) is 1.92. The third kappa shape index (κ3) is 5.30. The van der Waals surface area contributed by atoms with Crippen molar-refractivity contribution in [1.29, 1.82) is 0 Å². The minimum absolute atomic E-state index is 0.630. The molecule has 1 aromatic rings. The zero-order valence-electron chi connectivity index (χ0n) is 9.35. The highest BCUT2D eigenvalue weighted by atomic mass is 32.2. The van der Waals surface area contributed by atoms with Crippen molar-refractivity contribution in [2.45, 2.75) is 4.90 Å². The minimum Gasteiger partial charge on any atom is -0.382 e. The fraction of sp³-hybridized carbons (Fsp3) is 0.417. The van der Waals surface area contributed by atoms with Crippen molar-refractivity contribution in [3.63, 3.8) is 0 Å². The van der Waals surface area contributed by atoms with Gasteiger partial charge in [0.25, 0.3) is 0 Å². The summed E-state index contributed by atoms with van der Waals surface area (Å²) in [7, 11) is 1.66. The number of methoxy groups -OCH3 is 1. The van der Waals surface area contributed by atoms with Crippen LogP contribution >= 0.6 is 11.8 Å². The molecular weight excluding hydrogens is 224 g/mol. The molecule has 0 aliphatic rings. The number of aldehydes is 1. The number of ether oxygens (including phenoxy) is 2. The highest BCUT2D eigenvalue weighted by Crippen LogP contribution is 2.18. The molecule has 0 radical (unpaired) electrons. The lowest BCUT2D eigenvalue weighted by atomic mass is 10.2. The Hall–Kier alpha value is -0.840. The highest BCUT2D eigenvalue weighted by Gasteiger charge is 1.96. The van der Waals surface area contributed by atoms with Crippen molar-refractivity contribution in [2.24, 2.45) is 0 Å². The highest BCUT2D eigenvalue weighted by molar-refractivity contribution is 7.99. The van der Waals surface area contributed by atoms with Crippen LogP contribution in [0.1, 0.15) is 10.4 Å². The van der Waals surface area contributed by atoms with E-state index in [-0.39, 0.29) is 0 Å². The number of thioether (sulfide) groups is 1. The number of benzene rings is 1. The quantitative estimate of drug-likeness (QED) is 0.396. The summed E-state index contributed by atoms with van der Waals surface area (Å²) in [6, 6.07) is 7.56. The molecule has 0 aliphatic carbocycles. The SMILES string of the molecule is COCCOCCSc1cccc(C=O)c1. The molecule has 0 fully saturated rings. The summed E-state index contributed by atoms with van der Waals surface area (Å²) in [6.07, 6.45) is 0.860. The van der Waals surface area contributed by atoms with Crippen molar-refractivity contribution in [1.82, 2.24) is 0 Å². The second-order valence-corrected chi connectivity index (χ2v) is 4.31. The van der Waals surface area contributed by atoms with Crippen LogP contribution in [0.4, 0.5) is 0 Å². The first-order valence-corrected chi connectivity index (χ1v) is 6.10. The molecular formula is C12H16O3S. The van der Waals surface area contributed by atoms with E-state index in [9.17, 15) is 4.79 Å². The number of carbonyl (C=O) groups excluding carboxylic acids is 1. The zero-order chi connectivity index (χ0) is 11.6. The fourth-order valence-electron chi connectivity index (χ4n) is 1.14. The van der Waals surface area contributed by atoms with Crippen LogP contribution in [0.15, 0.2) is 29.2 Å². The van der Waals surface area contributed by atoms with Gasteiger partial charge < -0.3 is 9.47 Å². The van der Waals surface area contributed by atoms with E-state index >= 15 is 0 Å². The number of hydrogen-bond donors (Lipinski definition) is 0. The molecule has 16 heavy (non-hydrogen) atoms. The Morgan fingerprint density at radius 1 is 1.31 bits per heavy atom. The number of hydrogen-bond acceptors (Lipinski definition) is 4. The largest absolute Gasteiger partial charge is 0.382 e. The number of carbonyl (C=O) groups is 1. The van der Waals surface area contributed by atoms with E-state index in [1.807, 2.05) is 18.2 Å². The molecule has 4 heteroatoms. The lowest BCUT2D eigenvalue weighted by Gasteiger charge is -2.04. The molecule has 0 spiro atoms. The summed E-state index contributed by atoms with van der Waals surface area (Å²) in [5.74, 6) is 0.881. The molecule has 0 amide bonds. The maximum atomic E-state index is 10.6. The van der Waals surface area contributed by atoms with Crippen LogP contribution in [0, 0.1) is 0 Å². The monoisotopic (exact) mass is 240 g/mol. The number of rotatable bonds is 8. The Balaban J connectivity index is 2.18. The first-order valence-electron chi connectivity index (χ1n) is 5.11. The van der Waals surface area contributed by atoms with Gasteiger partial charge in [-0.05, 0) is 12.1 Å². The lowest BCUT2D eigenvalue weighted by molar-refractivity contribution is 0.0790. The molecule has 0 atom stereocenters. The molecule has 0 aliphatic heterocycles. The van der Waals surface area contributed by atoms with Crippen molar-refractivity contribution in [2.75, 3.05) is 32.7 Å². The van der Waals surface area contributed by atoms with Crippen LogP contribution in [0.5, 0.6) is 0 Å². The normalized spacial score (nSPS) is 10.3. The molecule has 0 N–H and O–H groups in total. The van der Waals surface area contributed by atoms with E-state index in [0.29, 0.717) is 25.4 Å². The molecule has 88 valence electrons. The summed E-state index contributed by atoms with van der Waals surface area (Å²) in [6.45, 7) is 1.95. The fourth-order valence-corrected chi connectivity index (χ4v) is 1.97. The van der Waals surface area contributed by atoms with Crippen molar-refractivity contribution >= 4 is 18.0 Å². The van der Waals surface area contributed by atoms with Gasteiger partial charge in [-0.1, -0.05) is 12.1 Å². The van der Waals surface area contributed by atoms with Gasteiger partial charge >= 0.3 is 0 Å². The van der Waals surface area contributed by atoms with Gasteiger partial charge in [0.15, 0.2) is 0 Å². The predicted octanol–water partition coefficient (Wildman–Crippen LogP) is 2.25. The Morgan fingerprint density at radius 2 is 2.19 bits per heavy atom. The summed E-state index contributed by atoms with van der Waals surface area (Å²) in [5.41, 5.74) is 0.713. The van der Waals surface area contributed by atoms with Gasteiger partial charge in [-0.2, -0.15) is 0 Å². The molecule has 0 saturated carbocycles. The van der Waals surface area contributed by atoms with Gasteiger partial charge in [-0.15, -0.1) is 11.8 Å². The van der Waals surface area contributed by atoms with Crippen molar-refractivity contribution < 1.29 is 14.3 Å². The standard InChI is InChI=1S/C12H16O3S/c1-14-5-6-15-7-8-16-12-4-2-3-11(9-12)10-13/h2-4,9-10H,5-8H2,1H3. The van der Waals surface area contributed by atoms with Gasteiger partial charge in [-0.3, -0.25) is 4.79 Å². The topological polar surface area (TPSA) is 35.5 Å². The molecule has 0 aromatic heterocycles. The van der Waals surface area contributed by atoms with Gasteiger partial charge in [0.05, 0.1) is 19.8 Å². The second kappa shape index (κ2) is 8.33. The molecule has 0 heterocycles.